The summed E-state index contributed by atoms with van der Waals surface area (Å²) in [5.74, 6) is 0.0626. The van der Waals surface area contributed by atoms with Gasteiger partial charge in [0.2, 0.25) is 5.91 Å². The van der Waals surface area contributed by atoms with Gasteiger partial charge < -0.3 is 5.32 Å². The van der Waals surface area contributed by atoms with Crippen molar-refractivity contribution in [2.45, 2.75) is 53.9 Å². The van der Waals surface area contributed by atoms with E-state index in [0.29, 0.717) is 13.0 Å². The third-order valence-electron chi connectivity index (χ3n) is 2.83. The van der Waals surface area contributed by atoms with Crippen molar-refractivity contribution in [2.24, 2.45) is 16.0 Å². The Morgan fingerprint density at radius 3 is 2.18 bits per heavy atom. The van der Waals surface area contributed by atoms with Gasteiger partial charge in [-0.2, -0.15) is 4.91 Å². The van der Waals surface area contributed by atoms with Crippen LogP contribution in [0.3, 0.4) is 0 Å². The first-order chi connectivity index (χ1) is 7.69. The maximum absolute atomic E-state index is 11.9. The Bertz CT molecular complexity index is 255. The molecule has 100 valence electrons. The number of rotatable bonds is 7. The fourth-order valence-corrected chi connectivity index (χ4v) is 1.39. The highest BCUT2D eigenvalue weighted by Gasteiger charge is 2.28. The molecule has 0 aliphatic carbocycles. The summed E-state index contributed by atoms with van der Waals surface area (Å²) in [6.45, 7) is 11.3. The lowest BCUT2D eigenvalue weighted by molar-refractivity contribution is -0.129. The van der Waals surface area contributed by atoms with Crippen molar-refractivity contribution in [3.8, 4) is 0 Å². The van der Waals surface area contributed by atoms with E-state index >= 15 is 0 Å². The Kier molecular flexibility index (Phi) is 6.35. The molecule has 1 amide bonds. The number of amides is 1. The molecule has 0 unspecified atom stereocenters. The highest BCUT2D eigenvalue weighted by atomic mass is 16.3. The zero-order chi connectivity index (χ0) is 13.5. The maximum Gasteiger partial charge on any atom is 0.225 e. The Hall–Kier alpha value is -0.930. The number of hydrogen-bond donors (Lipinski definition) is 1. The van der Waals surface area contributed by atoms with Gasteiger partial charge in [-0.3, -0.25) is 4.79 Å². The zero-order valence-corrected chi connectivity index (χ0v) is 11.8. The summed E-state index contributed by atoms with van der Waals surface area (Å²) in [4.78, 5) is 21.8. The zero-order valence-electron chi connectivity index (χ0n) is 11.8. The maximum atomic E-state index is 11.9. The first-order valence-electron chi connectivity index (χ1n) is 6.26. The molecule has 0 aromatic heterocycles. The van der Waals surface area contributed by atoms with Gasteiger partial charge >= 0.3 is 0 Å². The van der Waals surface area contributed by atoms with E-state index < -0.39 is 0 Å². The summed E-state index contributed by atoms with van der Waals surface area (Å²) in [5, 5.41) is 5.62. The van der Waals surface area contributed by atoms with Gasteiger partial charge in [0.1, 0.15) is 0 Å². The number of nitrogens with zero attached hydrogens (tertiary/aromatic N) is 1. The number of carbonyl (C=O) groups is 1. The molecule has 0 aromatic carbocycles. The normalized spacial score (nSPS) is 12.3. The van der Waals surface area contributed by atoms with Crippen LogP contribution in [-0.4, -0.2) is 19.0 Å². The molecule has 0 aliphatic rings. The average Bonchev–Trinajstić information content (AvgIpc) is 2.20. The van der Waals surface area contributed by atoms with E-state index in [9.17, 15) is 9.70 Å². The summed E-state index contributed by atoms with van der Waals surface area (Å²) >= 11 is 0. The minimum absolute atomic E-state index is 0.0626. The van der Waals surface area contributed by atoms with Gasteiger partial charge in [0.15, 0.2) is 0 Å². The first-order valence-corrected chi connectivity index (χ1v) is 6.26. The van der Waals surface area contributed by atoms with Gasteiger partial charge in [0.05, 0.1) is 6.54 Å². The molecular formula is C13H26N2O2. The number of nitroso groups, excluding NO2 is 1. The number of carbonyl (C=O) groups excluding carboxylic acids is 1. The standard InChI is InChI=1S/C13H26N2O2/c1-12(2,3)7-8-13(4,5)11(16)14-9-6-10-15-17/h6-10H2,1-5H3,(H,14,16). The quantitative estimate of drug-likeness (QED) is 0.551. The lowest BCUT2D eigenvalue weighted by atomic mass is 9.79. The molecule has 0 spiro atoms. The van der Waals surface area contributed by atoms with Crippen molar-refractivity contribution in [1.82, 2.24) is 5.32 Å². The summed E-state index contributed by atoms with van der Waals surface area (Å²) in [6, 6.07) is 0. The van der Waals surface area contributed by atoms with Crippen LogP contribution in [0.2, 0.25) is 0 Å². The van der Waals surface area contributed by atoms with Crippen LogP contribution in [-0.2, 0) is 4.79 Å². The third-order valence-corrected chi connectivity index (χ3v) is 2.83. The van der Waals surface area contributed by atoms with E-state index in [1.165, 1.54) is 0 Å². The van der Waals surface area contributed by atoms with Crippen molar-refractivity contribution in [3.63, 3.8) is 0 Å². The van der Waals surface area contributed by atoms with Crippen molar-refractivity contribution in [1.29, 1.82) is 0 Å². The predicted molar refractivity (Wildman–Crippen MR) is 70.8 cm³/mol. The van der Waals surface area contributed by atoms with E-state index in [2.05, 4.69) is 31.3 Å². The van der Waals surface area contributed by atoms with Crippen molar-refractivity contribution < 1.29 is 4.79 Å². The fraction of sp³-hybridized carbons (Fsp3) is 0.923. The lowest BCUT2D eigenvalue weighted by Gasteiger charge is -2.27. The van der Waals surface area contributed by atoms with Crippen LogP contribution < -0.4 is 5.32 Å². The molecule has 0 saturated carbocycles. The highest BCUT2D eigenvalue weighted by molar-refractivity contribution is 5.81. The van der Waals surface area contributed by atoms with Crippen LogP contribution in [0.1, 0.15) is 53.9 Å². The highest BCUT2D eigenvalue weighted by Crippen LogP contribution is 2.30. The van der Waals surface area contributed by atoms with Crippen molar-refractivity contribution in [3.05, 3.63) is 4.91 Å². The molecule has 0 rings (SSSR count). The fourth-order valence-electron chi connectivity index (χ4n) is 1.39. The number of nitrogens with one attached hydrogen (secondary N) is 1. The van der Waals surface area contributed by atoms with E-state index in [1.54, 1.807) is 0 Å². The Morgan fingerprint density at radius 2 is 1.71 bits per heavy atom. The summed E-state index contributed by atoms with van der Waals surface area (Å²) in [7, 11) is 0. The van der Waals surface area contributed by atoms with Crippen LogP contribution >= 0.6 is 0 Å². The smallest absolute Gasteiger partial charge is 0.225 e. The lowest BCUT2D eigenvalue weighted by Crippen LogP contribution is -2.38. The Morgan fingerprint density at radius 1 is 1.12 bits per heavy atom. The van der Waals surface area contributed by atoms with Gasteiger partial charge in [0.25, 0.3) is 0 Å². The molecule has 0 radical (unpaired) electrons. The van der Waals surface area contributed by atoms with E-state index in [-0.39, 0.29) is 23.3 Å². The SMILES string of the molecule is CC(C)(C)CCC(C)(C)C(=O)NCCCN=O. The molecule has 4 heteroatoms. The molecular weight excluding hydrogens is 216 g/mol. The van der Waals surface area contributed by atoms with Crippen molar-refractivity contribution >= 4 is 5.91 Å². The number of hydrogen-bond acceptors (Lipinski definition) is 3. The second-order valence-electron chi connectivity index (χ2n) is 6.41. The largest absolute Gasteiger partial charge is 0.356 e. The molecule has 17 heavy (non-hydrogen) atoms. The molecule has 0 saturated heterocycles. The van der Waals surface area contributed by atoms with Gasteiger partial charge in [-0.05, 0) is 24.7 Å². The average molecular weight is 242 g/mol. The summed E-state index contributed by atoms with van der Waals surface area (Å²) in [5.41, 5.74) is -0.0964. The monoisotopic (exact) mass is 242 g/mol. The second-order valence-corrected chi connectivity index (χ2v) is 6.41. The molecule has 0 heterocycles. The van der Waals surface area contributed by atoms with Crippen molar-refractivity contribution in [2.75, 3.05) is 13.1 Å². The van der Waals surface area contributed by atoms with Crippen LogP contribution in [0, 0.1) is 15.7 Å². The first kappa shape index (κ1) is 16.1. The molecule has 0 aliphatic heterocycles. The van der Waals surface area contributed by atoms with E-state index in [4.69, 9.17) is 0 Å². The molecule has 0 atom stereocenters. The molecule has 1 N–H and O–H groups in total. The van der Waals surface area contributed by atoms with Crippen LogP contribution in [0.15, 0.2) is 5.18 Å². The molecule has 0 bridgehead atoms. The Labute approximate surface area is 105 Å². The summed E-state index contributed by atoms with van der Waals surface area (Å²) in [6.07, 6.45) is 2.50. The van der Waals surface area contributed by atoms with Crippen LogP contribution in [0.5, 0.6) is 0 Å². The Balaban J connectivity index is 4.02. The third kappa shape index (κ3) is 7.88. The second kappa shape index (κ2) is 6.72. The van der Waals surface area contributed by atoms with Gasteiger partial charge in [-0.25, -0.2) is 0 Å². The van der Waals surface area contributed by atoms with Crippen LogP contribution in [0.4, 0.5) is 0 Å². The van der Waals surface area contributed by atoms with Crippen LogP contribution in [0.25, 0.3) is 0 Å². The molecule has 0 aromatic rings. The van der Waals surface area contributed by atoms with E-state index in [1.807, 2.05) is 13.8 Å². The minimum Gasteiger partial charge on any atom is -0.356 e. The van der Waals surface area contributed by atoms with E-state index in [0.717, 1.165) is 12.8 Å². The summed E-state index contributed by atoms with van der Waals surface area (Å²) < 4.78 is 0. The van der Waals surface area contributed by atoms with Gasteiger partial charge in [-0.15, -0.1) is 0 Å². The minimum atomic E-state index is -0.345. The molecule has 4 nitrogen and oxygen atoms in total. The predicted octanol–water partition coefficient (Wildman–Crippen LogP) is 3.11. The molecule has 0 fully saturated rings. The van der Waals surface area contributed by atoms with Gasteiger partial charge in [-0.1, -0.05) is 39.8 Å². The van der Waals surface area contributed by atoms with Gasteiger partial charge in [0, 0.05) is 12.0 Å². The topological polar surface area (TPSA) is 58.5 Å².